The third-order valence-corrected chi connectivity index (χ3v) is 2.91. The summed E-state index contributed by atoms with van der Waals surface area (Å²) in [7, 11) is 0. The average molecular weight is 284 g/mol. The lowest BCUT2D eigenvalue weighted by molar-refractivity contribution is 0.438. The monoisotopic (exact) mass is 283 g/mol. The van der Waals surface area contributed by atoms with E-state index in [9.17, 15) is 8.78 Å². The highest BCUT2D eigenvalue weighted by Gasteiger charge is 2.09. The summed E-state index contributed by atoms with van der Waals surface area (Å²) in [4.78, 5) is 0. The Kier molecular flexibility index (Phi) is 4.02. The summed E-state index contributed by atoms with van der Waals surface area (Å²) in [5, 5.41) is -0.0138. The van der Waals surface area contributed by atoms with E-state index < -0.39 is 11.6 Å². The minimum absolute atomic E-state index is 0.00567. The van der Waals surface area contributed by atoms with E-state index in [1.54, 1.807) is 13.0 Å². The van der Waals surface area contributed by atoms with Crippen LogP contribution in [0.2, 0.25) is 5.02 Å². The van der Waals surface area contributed by atoms with Gasteiger partial charge in [0.1, 0.15) is 11.6 Å². The molecule has 0 spiro atoms. The lowest BCUT2D eigenvalue weighted by atomic mass is 10.1. The quantitative estimate of drug-likeness (QED) is 0.904. The lowest BCUT2D eigenvalue weighted by Gasteiger charge is -2.10. The number of hydrogen-bond acceptors (Lipinski definition) is 2. The highest BCUT2D eigenvalue weighted by molar-refractivity contribution is 6.30. The van der Waals surface area contributed by atoms with E-state index in [0.717, 1.165) is 6.07 Å². The number of rotatable bonds is 3. The highest BCUT2D eigenvalue weighted by Crippen LogP contribution is 2.28. The Labute approximate surface area is 114 Å². The minimum atomic E-state index is -0.619. The maximum absolute atomic E-state index is 13.8. The molecule has 2 rings (SSSR count). The summed E-state index contributed by atoms with van der Waals surface area (Å²) in [5.41, 5.74) is 6.31. The second-order valence-electron chi connectivity index (χ2n) is 4.16. The van der Waals surface area contributed by atoms with Gasteiger partial charge in [0.15, 0.2) is 11.6 Å². The molecular weight excluding hydrogens is 272 g/mol. The Bertz CT molecular complexity index is 602. The first-order chi connectivity index (χ1) is 8.97. The largest absolute Gasteiger partial charge is 0.454 e. The van der Waals surface area contributed by atoms with Gasteiger partial charge in [-0.05, 0) is 36.8 Å². The summed E-state index contributed by atoms with van der Waals surface area (Å²) >= 11 is 5.55. The molecule has 2 nitrogen and oxygen atoms in total. The molecule has 0 aliphatic carbocycles. The molecule has 100 valence electrons. The van der Waals surface area contributed by atoms with Crippen LogP contribution in [0.25, 0.3) is 0 Å². The van der Waals surface area contributed by atoms with Crippen molar-refractivity contribution in [2.75, 3.05) is 0 Å². The first-order valence-corrected chi connectivity index (χ1v) is 6.03. The molecule has 0 saturated heterocycles. The molecule has 19 heavy (non-hydrogen) atoms. The fraction of sp³-hybridized carbons (Fsp3) is 0.143. The molecule has 2 aromatic carbocycles. The van der Waals surface area contributed by atoms with Gasteiger partial charge in [0, 0.05) is 12.1 Å². The Morgan fingerprint density at radius 3 is 2.42 bits per heavy atom. The van der Waals surface area contributed by atoms with Gasteiger partial charge in [0.05, 0.1) is 5.02 Å². The molecule has 0 bridgehead atoms. The lowest BCUT2D eigenvalue weighted by Crippen LogP contribution is -2.05. The molecular formula is C14H12ClF2NO. The average Bonchev–Trinajstić information content (AvgIpc) is 2.36. The predicted octanol–water partition coefficient (Wildman–Crippen LogP) is 4.43. The molecule has 0 saturated carbocycles. The van der Waals surface area contributed by atoms with Crippen LogP contribution in [0.1, 0.15) is 18.5 Å². The maximum atomic E-state index is 13.8. The van der Waals surface area contributed by atoms with Gasteiger partial charge in [-0.1, -0.05) is 17.7 Å². The molecule has 1 atom stereocenters. The highest BCUT2D eigenvalue weighted by atomic mass is 35.5. The topological polar surface area (TPSA) is 35.2 Å². The minimum Gasteiger partial charge on any atom is -0.454 e. The van der Waals surface area contributed by atoms with Crippen molar-refractivity contribution in [1.82, 2.24) is 0 Å². The molecule has 2 aromatic rings. The number of ether oxygens (including phenoxy) is 1. The molecule has 0 aromatic heterocycles. The zero-order valence-corrected chi connectivity index (χ0v) is 10.9. The van der Waals surface area contributed by atoms with Gasteiger partial charge in [-0.25, -0.2) is 8.78 Å². The van der Waals surface area contributed by atoms with E-state index in [0.29, 0.717) is 5.56 Å². The zero-order valence-electron chi connectivity index (χ0n) is 10.2. The fourth-order valence-electron chi connectivity index (χ4n) is 1.55. The third-order valence-electron chi connectivity index (χ3n) is 2.60. The van der Waals surface area contributed by atoms with Crippen LogP contribution in [0.15, 0.2) is 36.4 Å². The van der Waals surface area contributed by atoms with E-state index in [1.165, 1.54) is 24.3 Å². The SMILES string of the molecule is C[C@@H](N)c1ccc(Oc2ccc(Cl)c(F)c2)c(F)c1. The Hall–Kier alpha value is -1.65. The van der Waals surface area contributed by atoms with Gasteiger partial charge in [0.2, 0.25) is 0 Å². The van der Waals surface area contributed by atoms with Crippen LogP contribution in [0, 0.1) is 11.6 Å². The molecule has 0 amide bonds. The molecule has 5 heteroatoms. The van der Waals surface area contributed by atoms with Gasteiger partial charge in [0.25, 0.3) is 0 Å². The second-order valence-corrected chi connectivity index (χ2v) is 4.56. The van der Waals surface area contributed by atoms with Crippen molar-refractivity contribution in [3.63, 3.8) is 0 Å². The van der Waals surface area contributed by atoms with Crippen LogP contribution >= 0.6 is 11.6 Å². The van der Waals surface area contributed by atoms with Crippen LogP contribution in [0.4, 0.5) is 8.78 Å². The maximum Gasteiger partial charge on any atom is 0.166 e. The summed E-state index contributed by atoms with van der Waals surface area (Å²) in [6, 6.07) is 8.06. The van der Waals surface area contributed by atoms with Crippen molar-refractivity contribution in [3.8, 4) is 11.5 Å². The summed E-state index contributed by atoms with van der Waals surface area (Å²) in [5.74, 6) is -0.989. The van der Waals surface area contributed by atoms with E-state index >= 15 is 0 Å². The molecule has 0 unspecified atom stereocenters. The predicted molar refractivity (Wildman–Crippen MR) is 70.5 cm³/mol. The van der Waals surface area contributed by atoms with Gasteiger partial charge in [-0.15, -0.1) is 0 Å². The molecule has 0 radical (unpaired) electrons. The summed E-state index contributed by atoms with van der Waals surface area (Å²) < 4.78 is 32.3. The Balaban J connectivity index is 2.25. The molecule has 0 fully saturated rings. The van der Waals surface area contributed by atoms with E-state index in [-0.39, 0.29) is 22.6 Å². The van der Waals surface area contributed by atoms with Gasteiger partial charge in [-0.3, -0.25) is 0 Å². The molecule has 2 N–H and O–H groups in total. The number of halogens is 3. The first-order valence-electron chi connectivity index (χ1n) is 5.65. The van der Waals surface area contributed by atoms with Crippen LogP contribution in [0.3, 0.4) is 0 Å². The zero-order chi connectivity index (χ0) is 14.0. The Morgan fingerprint density at radius 2 is 1.84 bits per heavy atom. The standard InChI is InChI=1S/C14H12ClF2NO/c1-8(18)9-2-5-14(13(17)6-9)19-10-3-4-11(15)12(16)7-10/h2-8H,18H2,1H3/t8-/m1/s1. The molecule has 0 heterocycles. The van der Waals surface area contributed by atoms with E-state index in [2.05, 4.69) is 0 Å². The van der Waals surface area contributed by atoms with Gasteiger partial charge < -0.3 is 10.5 Å². The van der Waals surface area contributed by atoms with Crippen LogP contribution < -0.4 is 10.5 Å². The number of nitrogens with two attached hydrogens (primary N) is 1. The third kappa shape index (κ3) is 3.22. The number of benzene rings is 2. The first kappa shape index (κ1) is 13.8. The van der Waals surface area contributed by atoms with Crippen molar-refractivity contribution in [2.45, 2.75) is 13.0 Å². The van der Waals surface area contributed by atoms with Crippen molar-refractivity contribution in [1.29, 1.82) is 0 Å². The van der Waals surface area contributed by atoms with Crippen LogP contribution in [-0.4, -0.2) is 0 Å². The van der Waals surface area contributed by atoms with E-state index in [4.69, 9.17) is 22.1 Å². The van der Waals surface area contributed by atoms with Crippen LogP contribution in [-0.2, 0) is 0 Å². The van der Waals surface area contributed by atoms with Crippen molar-refractivity contribution in [2.24, 2.45) is 5.73 Å². The van der Waals surface area contributed by atoms with E-state index in [1.807, 2.05) is 0 Å². The Morgan fingerprint density at radius 1 is 1.11 bits per heavy atom. The van der Waals surface area contributed by atoms with Crippen LogP contribution in [0.5, 0.6) is 11.5 Å². The summed E-state index contributed by atoms with van der Waals surface area (Å²) in [6.07, 6.45) is 0. The summed E-state index contributed by atoms with van der Waals surface area (Å²) in [6.45, 7) is 1.75. The molecule has 0 aliphatic heterocycles. The van der Waals surface area contributed by atoms with Gasteiger partial charge in [-0.2, -0.15) is 0 Å². The van der Waals surface area contributed by atoms with Crippen molar-refractivity contribution >= 4 is 11.6 Å². The van der Waals surface area contributed by atoms with Gasteiger partial charge >= 0.3 is 0 Å². The second kappa shape index (κ2) is 5.55. The smallest absolute Gasteiger partial charge is 0.166 e. The molecule has 0 aliphatic rings. The number of hydrogen-bond donors (Lipinski definition) is 1. The fourth-order valence-corrected chi connectivity index (χ4v) is 1.67. The normalized spacial score (nSPS) is 12.3. The van der Waals surface area contributed by atoms with Crippen molar-refractivity contribution < 1.29 is 13.5 Å². The van der Waals surface area contributed by atoms with Crippen molar-refractivity contribution in [3.05, 3.63) is 58.6 Å².